The Bertz CT molecular complexity index is 261. The number of rotatable bonds is 1. The van der Waals surface area contributed by atoms with Gasteiger partial charge in [-0.3, -0.25) is 4.79 Å². The smallest absolute Gasteiger partial charge is 0.133 e. The van der Waals surface area contributed by atoms with Gasteiger partial charge in [0, 0.05) is 18.8 Å². The summed E-state index contributed by atoms with van der Waals surface area (Å²) in [5, 5.41) is 0. The Morgan fingerprint density at radius 1 is 1.50 bits per heavy atom. The molecule has 1 aromatic rings. The van der Waals surface area contributed by atoms with Crippen molar-refractivity contribution < 1.29 is 9.21 Å². The van der Waals surface area contributed by atoms with Crippen LogP contribution in [0.5, 0.6) is 0 Å². The fraction of sp³-hybridized carbons (Fsp3) is 0.500. The summed E-state index contributed by atoms with van der Waals surface area (Å²) < 4.78 is 5.27. The van der Waals surface area contributed by atoms with Crippen molar-refractivity contribution in [3.63, 3.8) is 0 Å². The van der Waals surface area contributed by atoms with Gasteiger partial charge in [-0.2, -0.15) is 0 Å². The van der Waals surface area contributed by atoms with E-state index in [0.29, 0.717) is 18.1 Å². The predicted molar refractivity (Wildman–Crippen MR) is 44.9 cm³/mol. The Morgan fingerprint density at radius 3 is 3.08 bits per heavy atom. The van der Waals surface area contributed by atoms with E-state index in [9.17, 15) is 4.79 Å². The van der Waals surface area contributed by atoms with Crippen LogP contribution in [0.3, 0.4) is 0 Å². The van der Waals surface area contributed by atoms with Crippen molar-refractivity contribution in [3.8, 4) is 0 Å². The largest absolute Gasteiger partial charge is 0.469 e. The lowest BCUT2D eigenvalue weighted by Gasteiger charge is -2.18. The lowest BCUT2D eigenvalue weighted by atomic mass is 9.87. The van der Waals surface area contributed by atoms with Crippen molar-refractivity contribution in [1.29, 1.82) is 0 Å². The van der Waals surface area contributed by atoms with Crippen LogP contribution in [0.1, 0.15) is 37.4 Å². The summed E-state index contributed by atoms with van der Waals surface area (Å²) >= 11 is 0. The van der Waals surface area contributed by atoms with Gasteiger partial charge in [0.15, 0.2) is 0 Å². The average Bonchev–Trinajstić information content (AvgIpc) is 2.56. The maximum atomic E-state index is 11.1. The van der Waals surface area contributed by atoms with Crippen LogP contribution in [0.25, 0.3) is 0 Å². The van der Waals surface area contributed by atoms with E-state index >= 15 is 0 Å². The standard InChI is InChI=1S/C10H12O2/c11-9-4-1-3-8(7-9)10-5-2-6-12-10/h2,5-6,8H,1,3-4,7H2/t8-/m1/s1. The number of hydrogen-bond acceptors (Lipinski definition) is 2. The molecule has 1 fully saturated rings. The average molecular weight is 164 g/mol. The van der Waals surface area contributed by atoms with Gasteiger partial charge < -0.3 is 4.42 Å². The summed E-state index contributed by atoms with van der Waals surface area (Å²) in [6.45, 7) is 0. The Hall–Kier alpha value is -1.05. The van der Waals surface area contributed by atoms with E-state index in [1.807, 2.05) is 12.1 Å². The normalized spacial score (nSPS) is 24.3. The molecule has 0 bridgehead atoms. The molecule has 1 heterocycles. The summed E-state index contributed by atoms with van der Waals surface area (Å²) in [4.78, 5) is 11.1. The molecule has 1 atom stereocenters. The fourth-order valence-electron chi connectivity index (χ4n) is 1.79. The van der Waals surface area contributed by atoms with Gasteiger partial charge in [-0.25, -0.2) is 0 Å². The SMILES string of the molecule is O=C1CCC[C@@H](c2ccco2)C1. The van der Waals surface area contributed by atoms with Gasteiger partial charge in [0.1, 0.15) is 11.5 Å². The Kier molecular flexibility index (Phi) is 1.98. The maximum Gasteiger partial charge on any atom is 0.133 e. The third-order valence-corrected chi connectivity index (χ3v) is 2.43. The molecule has 2 nitrogen and oxygen atoms in total. The maximum absolute atomic E-state index is 11.1. The molecule has 2 rings (SSSR count). The highest BCUT2D eigenvalue weighted by Gasteiger charge is 2.22. The van der Waals surface area contributed by atoms with Gasteiger partial charge in [-0.15, -0.1) is 0 Å². The first kappa shape index (κ1) is 7.59. The van der Waals surface area contributed by atoms with Crippen LogP contribution in [-0.4, -0.2) is 5.78 Å². The van der Waals surface area contributed by atoms with Crippen LogP contribution < -0.4 is 0 Å². The highest BCUT2D eigenvalue weighted by atomic mass is 16.3. The van der Waals surface area contributed by atoms with Crippen molar-refractivity contribution >= 4 is 5.78 Å². The van der Waals surface area contributed by atoms with Gasteiger partial charge >= 0.3 is 0 Å². The predicted octanol–water partition coefficient (Wildman–Crippen LogP) is 2.51. The second kappa shape index (κ2) is 3.13. The van der Waals surface area contributed by atoms with Gasteiger partial charge in [0.2, 0.25) is 0 Å². The zero-order chi connectivity index (χ0) is 8.39. The molecular formula is C10H12O2. The van der Waals surface area contributed by atoms with Crippen LogP contribution in [0.15, 0.2) is 22.8 Å². The third kappa shape index (κ3) is 1.42. The highest BCUT2D eigenvalue weighted by molar-refractivity contribution is 5.79. The molecule has 2 heteroatoms. The van der Waals surface area contributed by atoms with E-state index in [4.69, 9.17) is 4.42 Å². The van der Waals surface area contributed by atoms with Crippen LogP contribution in [0.2, 0.25) is 0 Å². The lowest BCUT2D eigenvalue weighted by Crippen LogP contribution is -2.12. The van der Waals surface area contributed by atoms with E-state index in [0.717, 1.165) is 25.0 Å². The molecule has 0 unspecified atom stereocenters. The van der Waals surface area contributed by atoms with E-state index in [1.54, 1.807) is 6.26 Å². The monoisotopic (exact) mass is 164 g/mol. The van der Waals surface area contributed by atoms with Gasteiger partial charge in [-0.05, 0) is 25.0 Å². The molecule has 1 saturated carbocycles. The molecule has 0 amide bonds. The fourth-order valence-corrected chi connectivity index (χ4v) is 1.79. The van der Waals surface area contributed by atoms with Crippen molar-refractivity contribution in [2.75, 3.05) is 0 Å². The molecule has 1 aliphatic rings. The molecule has 0 N–H and O–H groups in total. The van der Waals surface area contributed by atoms with E-state index in [-0.39, 0.29) is 0 Å². The summed E-state index contributed by atoms with van der Waals surface area (Å²) in [6.07, 6.45) is 5.22. The van der Waals surface area contributed by atoms with Crippen molar-refractivity contribution in [2.45, 2.75) is 31.6 Å². The van der Waals surface area contributed by atoms with Crippen LogP contribution in [-0.2, 0) is 4.79 Å². The van der Waals surface area contributed by atoms with Crippen LogP contribution in [0, 0.1) is 0 Å². The first-order valence-corrected chi connectivity index (χ1v) is 4.41. The molecule has 1 aliphatic carbocycles. The van der Waals surface area contributed by atoms with E-state index in [2.05, 4.69) is 0 Å². The minimum atomic E-state index is 0.348. The number of hydrogen-bond donors (Lipinski definition) is 0. The second-order valence-corrected chi connectivity index (χ2v) is 3.35. The molecule has 12 heavy (non-hydrogen) atoms. The van der Waals surface area contributed by atoms with Gasteiger partial charge in [0.25, 0.3) is 0 Å². The first-order valence-electron chi connectivity index (χ1n) is 4.41. The topological polar surface area (TPSA) is 30.2 Å². The van der Waals surface area contributed by atoms with Crippen molar-refractivity contribution in [1.82, 2.24) is 0 Å². The highest BCUT2D eigenvalue weighted by Crippen LogP contribution is 2.30. The Balaban J connectivity index is 2.09. The lowest BCUT2D eigenvalue weighted by molar-refractivity contribution is -0.120. The first-order chi connectivity index (χ1) is 5.86. The van der Waals surface area contributed by atoms with Gasteiger partial charge in [-0.1, -0.05) is 0 Å². The zero-order valence-electron chi connectivity index (χ0n) is 6.95. The molecule has 0 aromatic carbocycles. The quantitative estimate of drug-likeness (QED) is 0.638. The summed E-state index contributed by atoms with van der Waals surface area (Å²) in [5.74, 6) is 1.70. The number of carbonyl (C=O) groups excluding carboxylic acids is 1. The molecule has 0 aliphatic heterocycles. The molecule has 0 spiro atoms. The summed E-state index contributed by atoms with van der Waals surface area (Å²) in [7, 11) is 0. The van der Waals surface area contributed by atoms with Crippen molar-refractivity contribution in [2.24, 2.45) is 0 Å². The van der Waals surface area contributed by atoms with E-state index < -0.39 is 0 Å². The molecule has 64 valence electrons. The third-order valence-electron chi connectivity index (χ3n) is 2.43. The minimum absolute atomic E-state index is 0.348. The van der Waals surface area contributed by atoms with E-state index in [1.165, 1.54) is 0 Å². The number of carbonyl (C=O) groups is 1. The number of furan rings is 1. The molecule has 0 saturated heterocycles. The molecule has 0 radical (unpaired) electrons. The van der Waals surface area contributed by atoms with Crippen molar-refractivity contribution in [3.05, 3.63) is 24.2 Å². The molecule has 1 aromatic heterocycles. The summed E-state index contributed by atoms with van der Waals surface area (Å²) in [6, 6.07) is 3.84. The second-order valence-electron chi connectivity index (χ2n) is 3.35. The zero-order valence-corrected chi connectivity index (χ0v) is 6.95. The summed E-state index contributed by atoms with van der Waals surface area (Å²) in [5.41, 5.74) is 0. The van der Waals surface area contributed by atoms with Gasteiger partial charge in [0.05, 0.1) is 6.26 Å². The molecular weight excluding hydrogens is 152 g/mol. The van der Waals surface area contributed by atoms with Crippen LogP contribution >= 0.6 is 0 Å². The number of ketones is 1. The Morgan fingerprint density at radius 2 is 2.42 bits per heavy atom. The minimum Gasteiger partial charge on any atom is -0.469 e. The Labute approximate surface area is 71.6 Å². The van der Waals surface area contributed by atoms with Crippen LogP contribution in [0.4, 0.5) is 0 Å². The number of Topliss-reactive ketones (excluding diaryl/α,β-unsaturated/α-hetero) is 1.